The minimum absolute atomic E-state index is 0.0749. The Balaban J connectivity index is 2.13. The lowest BCUT2D eigenvalue weighted by molar-refractivity contribution is -0.130. The van der Waals surface area contributed by atoms with Crippen LogP contribution >= 0.6 is 0 Å². The van der Waals surface area contributed by atoms with E-state index in [9.17, 15) is 19.6 Å². The quantitative estimate of drug-likeness (QED) is 0.201. The number of ether oxygens (including phenoxy) is 2. The van der Waals surface area contributed by atoms with E-state index in [1.165, 1.54) is 10.8 Å². The van der Waals surface area contributed by atoms with Gasteiger partial charge in [-0.25, -0.2) is 10.3 Å². The lowest BCUT2D eigenvalue weighted by atomic mass is 9.93. The second-order valence-electron chi connectivity index (χ2n) is 13.2. The van der Waals surface area contributed by atoms with Crippen LogP contribution in [-0.4, -0.2) is 67.8 Å². The fraction of sp³-hybridized carbons (Fsp3) is 0.792. The monoisotopic (exact) mass is 557 g/mol. The van der Waals surface area contributed by atoms with Gasteiger partial charge >= 0.3 is 5.69 Å². The van der Waals surface area contributed by atoms with Gasteiger partial charge < -0.3 is 18.3 Å². The first kappa shape index (κ1) is 29.9. The highest BCUT2D eigenvalue weighted by molar-refractivity contribution is 6.74. The lowest BCUT2D eigenvalue weighted by Gasteiger charge is -2.40. The molecule has 1 unspecified atom stereocenters. The number of carbonyl (C=O) groups is 1. The van der Waals surface area contributed by atoms with Crippen LogP contribution < -0.4 is 16.7 Å². The second-order valence-corrected chi connectivity index (χ2v) is 22.8. The van der Waals surface area contributed by atoms with E-state index < -0.39 is 63.9 Å². The first-order chi connectivity index (χ1) is 16.7. The number of hydroxylamine groups is 1. The van der Waals surface area contributed by atoms with Crippen molar-refractivity contribution in [2.24, 2.45) is 0 Å². The van der Waals surface area contributed by atoms with Crippen LogP contribution in [-0.2, 0) is 23.1 Å². The van der Waals surface area contributed by atoms with Gasteiger partial charge in [-0.3, -0.25) is 24.3 Å². The van der Waals surface area contributed by atoms with Crippen molar-refractivity contribution in [1.29, 1.82) is 0 Å². The highest BCUT2D eigenvalue weighted by Crippen LogP contribution is 2.56. The summed E-state index contributed by atoms with van der Waals surface area (Å²) >= 11 is 0. The third-order valence-electron chi connectivity index (χ3n) is 8.58. The van der Waals surface area contributed by atoms with Crippen molar-refractivity contribution in [2.75, 3.05) is 6.61 Å². The summed E-state index contributed by atoms with van der Waals surface area (Å²) in [6.45, 7) is 22.6. The van der Waals surface area contributed by atoms with Crippen LogP contribution in [0.1, 0.15) is 53.3 Å². The zero-order valence-electron chi connectivity index (χ0n) is 23.8. The molecule has 2 aliphatic heterocycles. The Labute approximate surface area is 220 Å². The number of hydrogen-bond acceptors (Lipinski definition) is 8. The van der Waals surface area contributed by atoms with Gasteiger partial charge in [-0.1, -0.05) is 41.5 Å². The standard InChI is InChI=1S/C24H43N3O8Si2/c1-14-12-27(21(30)25-18(14)28)20-17(35-37(10,11)23(5,6)7)24(16(34-24)19(29)26-31)15(33-20)13-32-36(8,9)22(2,3)4/h12,15-17,20,31H,13H2,1-11H3,(H,26,29)(H,25,28,30)/t15-,16+,17+,20-,24?/m1/s1. The highest BCUT2D eigenvalue weighted by atomic mass is 28.4. The Morgan fingerprint density at radius 2 is 1.70 bits per heavy atom. The van der Waals surface area contributed by atoms with Gasteiger partial charge in [0.15, 0.2) is 34.6 Å². The molecule has 0 aliphatic carbocycles. The van der Waals surface area contributed by atoms with Crippen molar-refractivity contribution in [3.63, 3.8) is 0 Å². The normalized spacial score (nSPS) is 28.5. The summed E-state index contributed by atoms with van der Waals surface area (Å²) in [5.41, 5.74) is -0.438. The van der Waals surface area contributed by atoms with E-state index in [1.54, 1.807) is 12.4 Å². The van der Waals surface area contributed by atoms with Crippen molar-refractivity contribution in [2.45, 2.75) is 115 Å². The number of aromatic amines is 1. The average molecular weight is 558 g/mol. The van der Waals surface area contributed by atoms with Crippen molar-refractivity contribution in [3.05, 3.63) is 32.6 Å². The number of rotatable bonds is 7. The van der Waals surface area contributed by atoms with E-state index in [4.69, 9.17) is 18.3 Å². The molecule has 1 aromatic heterocycles. The van der Waals surface area contributed by atoms with E-state index in [0.29, 0.717) is 5.56 Å². The van der Waals surface area contributed by atoms with Crippen LogP contribution in [0.2, 0.25) is 36.3 Å². The van der Waals surface area contributed by atoms with Gasteiger partial charge in [0.2, 0.25) is 0 Å². The summed E-state index contributed by atoms with van der Waals surface area (Å²) in [7, 11) is -4.73. The molecule has 1 amide bonds. The Morgan fingerprint density at radius 1 is 1.14 bits per heavy atom. The van der Waals surface area contributed by atoms with Crippen LogP contribution in [0, 0.1) is 6.92 Å². The molecular formula is C24H43N3O8Si2. The van der Waals surface area contributed by atoms with Crippen molar-refractivity contribution >= 4 is 22.5 Å². The van der Waals surface area contributed by atoms with Gasteiger partial charge in [-0.2, -0.15) is 0 Å². The first-order valence-electron chi connectivity index (χ1n) is 12.6. The zero-order chi connectivity index (χ0) is 28.4. The van der Waals surface area contributed by atoms with E-state index in [1.807, 2.05) is 0 Å². The molecule has 3 rings (SSSR count). The third kappa shape index (κ3) is 5.31. The molecule has 1 spiro atoms. The smallest absolute Gasteiger partial charge is 0.330 e. The highest BCUT2D eigenvalue weighted by Gasteiger charge is 2.77. The number of epoxide rings is 1. The molecule has 0 bridgehead atoms. The molecule has 0 radical (unpaired) electrons. The summed E-state index contributed by atoms with van der Waals surface area (Å²) in [6, 6.07) is 0. The molecule has 37 heavy (non-hydrogen) atoms. The Morgan fingerprint density at radius 3 is 2.22 bits per heavy atom. The summed E-state index contributed by atoms with van der Waals surface area (Å²) in [5, 5.41) is 9.13. The number of nitrogens with zero attached hydrogens (tertiary/aromatic N) is 1. The molecule has 2 fully saturated rings. The SMILES string of the molecule is Cc1cn([C@@H]2O[C@H](CO[Si](C)(C)C(C)(C)C)C3(O[C@H]3C(=O)NO)[C@H]2O[Si](C)(C)C(C)(C)C)c(=O)[nH]c1=O. The molecule has 0 aromatic carbocycles. The van der Waals surface area contributed by atoms with E-state index in [-0.39, 0.29) is 16.7 Å². The largest absolute Gasteiger partial charge is 0.414 e. The maximum absolute atomic E-state index is 12.9. The number of nitrogens with one attached hydrogen (secondary N) is 2. The number of amides is 1. The molecule has 2 saturated heterocycles. The first-order valence-corrected chi connectivity index (χ1v) is 18.4. The van der Waals surface area contributed by atoms with Crippen molar-refractivity contribution < 1.29 is 28.3 Å². The van der Waals surface area contributed by atoms with Gasteiger partial charge in [-0.15, -0.1) is 0 Å². The predicted molar refractivity (Wildman–Crippen MR) is 143 cm³/mol. The average Bonchev–Trinajstić information content (AvgIpc) is 3.42. The van der Waals surface area contributed by atoms with Gasteiger partial charge in [0.05, 0.1) is 6.61 Å². The van der Waals surface area contributed by atoms with Crippen LogP contribution in [0.15, 0.2) is 15.8 Å². The van der Waals surface area contributed by atoms with Gasteiger partial charge in [0.25, 0.3) is 11.5 Å². The minimum atomic E-state index is -2.50. The van der Waals surface area contributed by atoms with Crippen LogP contribution in [0.4, 0.5) is 0 Å². The van der Waals surface area contributed by atoms with E-state index in [0.717, 1.165) is 0 Å². The number of aryl methyl sites for hydroxylation is 1. The zero-order valence-corrected chi connectivity index (χ0v) is 25.8. The summed E-state index contributed by atoms with van der Waals surface area (Å²) < 4.78 is 27.1. The Bertz CT molecular complexity index is 1150. The van der Waals surface area contributed by atoms with Crippen molar-refractivity contribution in [1.82, 2.24) is 15.0 Å². The molecular weight excluding hydrogens is 514 g/mol. The second kappa shape index (κ2) is 9.54. The Kier molecular flexibility index (Phi) is 7.72. The fourth-order valence-electron chi connectivity index (χ4n) is 4.00. The molecule has 13 heteroatoms. The molecule has 3 N–H and O–H groups in total. The molecule has 0 saturated carbocycles. The lowest BCUT2D eigenvalue weighted by Crippen LogP contribution is -2.53. The molecule has 11 nitrogen and oxygen atoms in total. The van der Waals surface area contributed by atoms with Crippen LogP contribution in [0.25, 0.3) is 0 Å². The Hall–Kier alpha value is -1.62. The molecule has 2 aliphatic rings. The van der Waals surface area contributed by atoms with E-state index in [2.05, 4.69) is 72.7 Å². The van der Waals surface area contributed by atoms with Gasteiger partial charge in [0, 0.05) is 11.8 Å². The topological polar surface area (TPSA) is 144 Å². The maximum atomic E-state index is 12.9. The minimum Gasteiger partial charge on any atom is -0.414 e. The van der Waals surface area contributed by atoms with Crippen LogP contribution in [0.3, 0.4) is 0 Å². The molecule has 210 valence electrons. The molecule has 5 atom stereocenters. The van der Waals surface area contributed by atoms with Gasteiger partial charge in [-0.05, 0) is 43.2 Å². The summed E-state index contributed by atoms with van der Waals surface area (Å²) in [6.07, 6.45) is -2.29. The van der Waals surface area contributed by atoms with E-state index >= 15 is 0 Å². The molecule has 3 heterocycles. The third-order valence-corrected chi connectivity index (χ3v) is 17.5. The number of H-pyrrole nitrogens is 1. The summed E-state index contributed by atoms with van der Waals surface area (Å²) in [4.78, 5) is 40.0. The maximum Gasteiger partial charge on any atom is 0.330 e. The number of carbonyl (C=O) groups excluding carboxylic acids is 1. The van der Waals surface area contributed by atoms with Crippen molar-refractivity contribution in [3.8, 4) is 0 Å². The van der Waals surface area contributed by atoms with Gasteiger partial charge in [0.1, 0.15) is 12.2 Å². The fourth-order valence-corrected chi connectivity index (χ4v) is 6.29. The summed E-state index contributed by atoms with van der Waals surface area (Å²) in [5.74, 6) is -0.726. The number of aromatic nitrogens is 2. The van der Waals surface area contributed by atoms with Crippen LogP contribution in [0.5, 0.6) is 0 Å². The predicted octanol–water partition coefficient (Wildman–Crippen LogP) is 2.80. The number of hydrogen-bond donors (Lipinski definition) is 3. The molecule has 1 aromatic rings.